The maximum Gasteiger partial charge on any atom is 0.472 e. The number of carbonyl (C=O) groups excluding carboxylic acids is 2. The number of unbranched alkanes of at least 4 members (excludes halogenated alkanes) is 11. The number of aliphatic hydroxyl groups is 1. The van der Waals surface area contributed by atoms with Crippen LogP contribution in [0.15, 0.2) is 12.2 Å². The molecule has 0 saturated carbocycles. The highest BCUT2D eigenvalue weighted by Gasteiger charge is 2.23. The first-order chi connectivity index (χ1) is 17.8. The SMILES string of the molecule is CCCCC/C=C\CCCCCCCC(=O)NCCOP(=O)(O)OCC(O)COC(=O)CCCCCC. The minimum Gasteiger partial charge on any atom is -0.463 e. The Morgan fingerprint density at radius 2 is 1.38 bits per heavy atom. The lowest BCUT2D eigenvalue weighted by atomic mass is 10.1. The monoisotopic (exact) mass is 549 g/mol. The van der Waals surface area contributed by atoms with Crippen molar-refractivity contribution in [2.24, 2.45) is 0 Å². The van der Waals surface area contributed by atoms with Crippen LogP contribution in [0.3, 0.4) is 0 Å². The van der Waals surface area contributed by atoms with E-state index in [-0.39, 0.29) is 32.1 Å². The summed E-state index contributed by atoms with van der Waals surface area (Å²) in [5, 5.41) is 12.4. The molecule has 0 aliphatic carbocycles. The molecule has 0 saturated heterocycles. The Morgan fingerprint density at radius 3 is 2.08 bits per heavy atom. The molecule has 218 valence electrons. The number of hydrogen-bond acceptors (Lipinski definition) is 7. The van der Waals surface area contributed by atoms with Gasteiger partial charge in [-0.3, -0.25) is 18.6 Å². The molecule has 0 aliphatic heterocycles. The summed E-state index contributed by atoms with van der Waals surface area (Å²) in [6.07, 6.45) is 19.2. The first-order valence-corrected chi connectivity index (χ1v) is 15.7. The number of nitrogens with one attached hydrogen (secondary N) is 1. The Kier molecular flexibility index (Phi) is 24.2. The molecule has 0 aromatic rings. The van der Waals surface area contributed by atoms with Crippen LogP contribution in [0.1, 0.15) is 117 Å². The summed E-state index contributed by atoms with van der Waals surface area (Å²) in [6.45, 7) is 3.33. The van der Waals surface area contributed by atoms with Gasteiger partial charge >= 0.3 is 13.8 Å². The molecule has 2 unspecified atom stereocenters. The summed E-state index contributed by atoms with van der Waals surface area (Å²) in [6, 6.07) is 0. The molecule has 10 heteroatoms. The number of aliphatic hydroxyl groups excluding tert-OH is 1. The lowest BCUT2D eigenvalue weighted by Gasteiger charge is -2.15. The van der Waals surface area contributed by atoms with Gasteiger partial charge < -0.3 is 20.1 Å². The van der Waals surface area contributed by atoms with E-state index in [0.717, 1.165) is 57.8 Å². The standard InChI is InChI=1S/C27H52NO8P/c1-3-5-7-9-10-11-12-13-14-15-16-17-19-26(30)28-21-22-35-37(32,33)36-24-25(29)23-34-27(31)20-18-8-6-4-2/h10-11,25,29H,3-9,12-24H2,1-2H3,(H,28,30)(H,32,33)/b11-10-. The summed E-state index contributed by atoms with van der Waals surface area (Å²) in [4.78, 5) is 33.1. The van der Waals surface area contributed by atoms with Gasteiger partial charge in [-0.05, 0) is 38.5 Å². The quantitative estimate of drug-likeness (QED) is 0.0520. The molecule has 0 aliphatic rings. The predicted molar refractivity (Wildman–Crippen MR) is 146 cm³/mol. The minimum absolute atomic E-state index is 0.0789. The van der Waals surface area contributed by atoms with Crippen LogP contribution in [-0.2, 0) is 27.9 Å². The van der Waals surface area contributed by atoms with Crippen LogP contribution in [0.25, 0.3) is 0 Å². The Morgan fingerprint density at radius 1 is 0.811 bits per heavy atom. The van der Waals surface area contributed by atoms with E-state index in [0.29, 0.717) is 6.42 Å². The number of ether oxygens (including phenoxy) is 1. The summed E-state index contributed by atoms with van der Waals surface area (Å²) < 4.78 is 26.3. The van der Waals surface area contributed by atoms with Gasteiger partial charge in [0, 0.05) is 19.4 Å². The molecule has 3 N–H and O–H groups in total. The lowest BCUT2D eigenvalue weighted by Crippen LogP contribution is -2.27. The Bertz CT molecular complexity index is 644. The molecule has 9 nitrogen and oxygen atoms in total. The van der Waals surface area contributed by atoms with Crippen LogP contribution in [0.2, 0.25) is 0 Å². The van der Waals surface area contributed by atoms with Crippen molar-refractivity contribution < 1.29 is 37.9 Å². The van der Waals surface area contributed by atoms with E-state index in [1.165, 1.54) is 32.1 Å². The largest absolute Gasteiger partial charge is 0.472 e. The summed E-state index contributed by atoms with van der Waals surface area (Å²) >= 11 is 0. The Labute approximate surface area is 224 Å². The van der Waals surface area contributed by atoms with Crippen molar-refractivity contribution in [2.45, 2.75) is 123 Å². The number of esters is 1. The van der Waals surface area contributed by atoms with E-state index in [4.69, 9.17) is 13.8 Å². The van der Waals surface area contributed by atoms with Crippen LogP contribution in [0.4, 0.5) is 0 Å². The zero-order valence-electron chi connectivity index (χ0n) is 23.2. The molecule has 0 heterocycles. The van der Waals surface area contributed by atoms with Crippen LogP contribution in [0.5, 0.6) is 0 Å². The van der Waals surface area contributed by atoms with E-state index in [1.54, 1.807) is 0 Å². The highest BCUT2D eigenvalue weighted by molar-refractivity contribution is 7.47. The first-order valence-electron chi connectivity index (χ1n) is 14.2. The number of allylic oxidation sites excluding steroid dienone is 2. The van der Waals surface area contributed by atoms with Crippen molar-refractivity contribution in [3.05, 3.63) is 12.2 Å². The molecule has 0 aromatic heterocycles. The third-order valence-corrected chi connectivity index (χ3v) is 6.68. The van der Waals surface area contributed by atoms with Gasteiger partial charge in [0.1, 0.15) is 12.7 Å². The van der Waals surface area contributed by atoms with Gasteiger partial charge in [0.05, 0.1) is 13.2 Å². The van der Waals surface area contributed by atoms with Crippen molar-refractivity contribution >= 4 is 19.7 Å². The molecular formula is C27H52NO8P. The van der Waals surface area contributed by atoms with Crippen molar-refractivity contribution in [2.75, 3.05) is 26.4 Å². The third kappa shape index (κ3) is 26.2. The summed E-state index contributed by atoms with van der Waals surface area (Å²) in [7, 11) is -4.39. The van der Waals surface area contributed by atoms with Crippen LogP contribution < -0.4 is 5.32 Å². The van der Waals surface area contributed by atoms with Gasteiger partial charge in [0.2, 0.25) is 5.91 Å². The number of carbonyl (C=O) groups is 2. The number of rotatable bonds is 26. The molecule has 0 bridgehead atoms. The number of hydrogen-bond donors (Lipinski definition) is 3. The molecule has 0 rings (SSSR count). The van der Waals surface area contributed by atoms with Crippen LogP contribution in [-0.4, -0.2) is 54.3 Å². The fourth-order valence-corrected chi connectivity index (χ4v) is 4.25. The smallest absolute Gasteiger partial charge is 0.463 e. The maximum atomic E-state index is 11.9. The highest BCUT2D eigenvalue weighted by Crippen LogP contribution is 2.42. The summed E-state index contributed by atoms with van der Waals surface area (Å²) in [5.41, 5.74) is 0. The van der Waals surface area contributed by atoms with E-state index in [1.807, 2.05) is 0 Å². The molecule has 37 heavy (non-hydrogen) atoms. The normalized spacial score (nSPS) is 13.9. The molecule has 0 radical (unpaired) electrons. The minimum atomic E-state index is -4.39. The topological polar surface area (TPSA) is 131 Å². The van der Waals surface area contributed by atoms with E-state index in [9.17, 15) is 24.2 Å². The van der Waals surface area contributed by atoms with Gasteiger partial charge in [0.25, 0.3) is 0 Å². The lowest BCUT2D eigenvalue weighted by molar-refractivity contribution is -0.147. The molecule has 0 aromatic carbocycles. The van der Waals surface area contributed by atoms with Crippen molar-refractivity contribution in [3.8, 4) is 0 Å². The second-order valence-electron chi connectivity index (χ2n) is 9.37. The highest BCUT2D eigenvalue weighted by atomic mass is 31.2. The zero-order chi connectivity index (χ0) is 27.6. The average molecular weight is 550 g/mol. The van der Waals surface area contributed by atoms with Gasteiger partial charge in [-0.2, -0.15) is 0 Å². The van der Waals surface area contributed by atoms with E-state index in [2.05, 4.69) is 31.3 Å². The molecule has 1 amide bonds. The second-order valence-corrected chi connectivity index (χ2v) is 10.8. The maximum absolute atomic E-state index is 11.9. The van der Waals surface area contributed by atoms with Crippen molar-refractivity contribution in [3.63, 3.8) is 0 Å². The molecule has 0 spiro atoms. The van der Waals surface area contributed by atoms with Gasteiger partial charge in [-0.15, -0.1) is 0 Å². The fraction of sp³-hybridized carbons (Fsp3) is 0.852. The molecular weight excluding hydrogens is 497 g/mol. The average Bonchev–Trinajstić information content (AvgIpc) is 2.87. The molecule has 2 atom stereocenters. The number of phosphoric ester groups is 1. The van der Waals surface area contributed by atoms with E-state index < -0.39 is 26.5 Å². The number of amides is 1. The number of phosphoric acid groups is 1. The van der Waals surface area contributed by atoms with Crippen molar-refractivity contribution in [1.29, 1.82) is 0 Å². The summed E-state index contributed by atoms with van der Waals surface area (Å²) in [5.74, 6) is -0.547. The van der Waals surface area contributed by atoms with Crippen LogP contribution >= 0.6 is 7.82 Å². The Balaban J connectivity index is 3.67. The predicted octanol–water partition coefficient (Wildman–Crippen LogP) is 5.98. The van der Waals surface area contributed by atoms with Crippen LogP contribution in [0, 0.1) is 0 Å². The first kappa shape index (κ1) is 35.8. The Hall–Kier alpha value is -1.25. The van der Waals surface area contributed by atoms with Gasteiger partial charge in [-0.1, -0.05) is 77.4 Å². The zero-order valence-corrected chi connectivity index (χ0v) is 24.1. The van der Waals surface area contributed by atoms with E-state index >= 15 is 0 Å². The van der Waals surface area contributed by atoms with Crippen molar-refractivity contribution in [1.82, 2.24) is 5.32 Å². The van der Waals surface area contributed by atoms with Gasteiger partial charge in [0.15, 0.2) is 0 Å². The van der Waals surface area contributed by atoms with Gasteiger partial charge in [-0.25, -0.2) is 4.57 Å². The second kappa shape index (κ2) is 25.1. The third-order valence-electron chi connectivity index (χ3n) is 5.70. The molecule has 0 fully saturated rings. The fourth-order valence-electron chi connectivity index (χ4n) is 3.49.